The van der Waals surface area contributed by atoms with Crippen molar-refractivity contribution >= 4 is 13.7 Å². The molecule has 15 nitrogen and oxygen atoms in total. The summed E-state index contributed by atoms with van der Waals surface area (Å²) in [7, 11) is -4.29. The third-order valence-corrected chi connectivity index (χ3v) is 7.02. The molecule has 2 heterocycles. The molecule has 2 unspecified atom stereocenters. The molecule has 0 amide bonds. The first-order valence-corrected chi connectivity index (χ1v) is 13.2. The maximum absolute atomic E-state index is 13.7. The lowest BCUT2D eigenvalue weighted by molar-refractivity contribution is -0.149. The molecular formula is C22H29N6O9P. The Morgan fingerprint density at radius 1 is 1.32 bits per heavy atom. The number of aliphatic hydroxyl groups excluding tert-OH is 1. The maximum atomic E-state index is 13.7. The highest BCUT2D eigenvalue weighted by Gasteiger charge is 2.46. The van der Waals surface area contributed by atoms with Crippen LogP contribution in [0.5, 0.6) is 5.75 Å². The molecule has 0 spiro atoms. The third kappa shape index (κ3) is 7.10. The number of ether oxygens (including phenoxy) is 2. The Balaban J connectivity index is 1.84. The molecular weight excluding hydrogens is 523 g/mol. The normalized spacial score (nSPS) is 23.3. The Morgan fingerprint density at radius 3 is 2.63 bits per heavy atom. The van der Waals surface area contributed by atoms with Crippen LogP contribution in [0.3, 0.4) is 0 Å². The van der Waals surface area contributed by atoms with Gasteiger partial charge in [-0.25, -0.2) is 9.36 Å². The molecule has 1 aromatic heterocycles. The average molecular weight is 552 g/mol. The fourth-order valence-corrected chi connectivity index (χ4v) is 5.06. The fraction of sp³-hybridized carbons (Fsp3) is 0.500. The van der Waals surface area contributed by atoms with E-state index in [1.165, 1.54) is 32.2 Å². The van der Waals surface area contributed by atoms with Crippen LogP contribution in [0.25, 0.3) is 10.4 Å². The third-order valence-electron chi connectivity index (χ3n) is 5.38. The second-order valence-electron chi connectivity index (χ2n) is 8.76. The zero-order chi connectivity index (χ0) is 28.0. The topological polar surface area (TPSA) is 207 Å². The number of esters is 1. The summed E-state index contributed by atoms with van der Waals surface area (Å²) in [5.41, 5.74) is 7.71. The van der Waals surface area contributed by atoms with Crippen molar-refractivity contribution in [1.82, 2.24) is 14.6 Å². The SMILES string of the molecule is Cc1cn([C@@H]2O[C@H](COP(=O)(N[C@@H](C)C(=O)OC(C)C)Oc3ccccc3)[C@@H](O)C2N=[N+]=[N-])c(=O)[nH]c1=O. The van der Waals surface area contributed by atoms with Crippen molar-refractivity contribution in [3.05, 3.63) is 73.4 Å². The first-order valence-electron chi connectivity index (χ1n) is 11.6. The molecule has 3 rings (SSSR count). The number of carbonyl (C=O) groups excluding carboxylic acids is 1. The number of aromatic amines is 1. The van der Waals surface area contributed by atoms with Gasteiger partial charge in [-0.15, -0.1) is 0 Å². The zero-order valence-corrected chi connectivity index (χ0v) is 22.0. The van der Waals surface area contributed by atoms with Gasteiger partial charge in [-0.2, -0.15) is 5.09 Å². The maximum Gasteiger partial charge on any atom is 0.459 e. The van der Waals surface area contributed by atoms with Crippen molar-refractivity contribution in [2.45, 2.75) is 64.3 Å². The summed E-state index contributed by atoms with van der Waals surface area (Å²) in [5, 5.41) is 16.8. The van der Waals surface area contributed by atoms with E-state index in [9.17, 15) is 24.1 Å². The molecule has 0 radical (unpaired) electrons. The van der Waals surface area contributed by atoms with Crippen LogP contribution in [0.4, 0.5) is 0 Å². The van der Waals surface area contributed by atoms with Gasteiger partial charge in [-0.05, 0) is 45.4 Å². The molecule has 1 aliphatic rings. The number of azide groups is 1. The lowest BCUT2D eigenvalue weighted by atomic mass is 10.1. The standard InChI is InChI=1S/C22H29N6O9P/c1-12(2)35-21(31)14(4)26-38(33,37-15-8-6-5-7-9-15)34-11-16-18(29)17(25-27-23)20(36-16)28-10-13(3)19(30)24-22(28)32/h5-10,12,14,16-18,20,29H,11H2,1-4H3,(H,26,33)(H,24,30,32)/t14-,16+,17?,18+,20+,38?/m0/s1. The van der Waals surface area contributed by atoms with E-state index in [-0.39, 0.29) is 11.3 Å². The quantitative estimate of drug-likeness (QED) is 0.121. The number of hydrogen-bond acceptors (Lipinski definition) is 10. The summed E-state index contributed by atoms with van der Waals surface area (Å²) in [5.74, 6) is -0.533. The second kappa shape index (κ2) is 12.4. The number of aromatic nitrogens is 2. The molecule has 2 aromatic rings. The number of rotatable bonds is 11. The number of hydrogen-bond donors (Lipinski definition) is 3. The Hall–Kier alpha value is -3.45. The van der Waals surface area contributed by atoms with Gasteiger partial charge in [0.2, 0.25) is 0 Å². The summed E-state index contributed by atoms with van der Waals surface area (Å²) in [6.07, 6.45) is -3.27. The monoisotopic (exact) mass is 552 g/mol. The van der Waals surface area contributed by atoms with Gasteiger partial charge in [0.05, 0.1) is 18.8 Å². The lowest BCUT2D eigenvalue weighted by Gasteiger charge is -2.25. The number of aliphatic hydroxyl groups is 1. The minimum absolute atomic E-state index is 0.167. The smallest absolute Gasteiger partial charge is 0.459 e. The molecule has 1 fully saturated rings. The first-order chi connectivity index (χ1) is 17.9. The summed E-state index contributed by atoms with van der Waals surface area (Å²) < 4.78 is 36.6. The highest BCUT2D eigenvalue weighted by Crippen LogP contribution is 2.46. The molecule has 0 bridgehead atoms. The Labute approximate surface area is 216 Å². The first kappa shape index (κ1) is 29.1. The summed E-state index contributed by atoms with van der Waals surface area (Å²) in [6.45, 7) is 5.62. The van der Waals surface area contributed by atoms with Crippen molar-refractivity contribution < 1.29 is 33.0 Å². The van der Waals surface area contributed by atoms with Crippen LogP contribution < -0.4 is 20.9 Å². The van der Waals surface area contributed by atoms with Crippen LogP contribution in [0.2, 0.25) is 0 Å². The summed E-state index contributed by atoms with van der Waals surface area (Å²) >= 11 is 0. The number of nitrogens with zero attached hydrogens (tertiary/aromatic N) is 4. The zero-order valence-electron chi connectivity index (χ0n) is 21.1. The number of carbonyl (C=O) groups is 1. The lowest BCUT2D eigenvalue weighted by Crippen LogP contribution is -2.38. The van der Waals surface area contributed by atoms with Crippen LogP contribution in [0.15, 0.2) is 51.2 Å². The van der Waals surface area contributed by atoms with Gasteiger partial charge in [0.1, 0.15) is 30.2 Å². The van der Waals surface area contributed by atoms with Crippen molar-refractivity contribution in [2.24, 2.45) is 5.11 Å². The summed E-state index contributed by atoms with van der Waals surface area (Å²) in [4.78, 5) is 41.3. The molecule has 0 aliphatic carbocycles. The van der Waals surface area contributed by atoms with E-state index >= 15 is 0 Å². The molecule has 206 valence electrons. The Bertz CT molecular complexity index is 1340. The number of para-hydroxylation sites is 1. The van der Waals surface area contributed by atoms with Crippen LogP contribution >= 0.6 is 7.75 Å². The van der Waals surface area contributed by atoms with Crippen molar-refractivity contribution in [3.8, 4) is 5.75 Å². The number of nitrogens with one attached hydrogen (secondary N) is 2. The van der Waals surface area contributed by atoms with Crippen molar-refractivity contribution in [3.63, 3.8) is 0 Å². The van der Waals surface area contributed by atoms with Crippen LogP contribution in [0, 0.1) is 6.92 Å². The predicted molar refractivity (Wildman–Crippen MR) is 133 cm³/mol. The van der Waals surface area contributed by atoms with E-state index in [1.54, 1.807) is 32.0 Å². The van der Waals surface area contributed by atoms with Gasteiger partial charge in [-0.1, -0.05) is 23.3 Å². The molecule has 1 aliphatic heterocycles. The van der Waals surface area contributed by atoms with Gasteiger partial charge in [0.15, 0.2) is 0 Å². The van der Waals surface area contributed by atoms with Crippen LogP contribution in [-0.4, -0.2) is 57.6 Å². The van der Waals surface area contributed by atoms with Gasteiger partial charge in [0, 0.05) is 16.7 Å². The number of aryl methyl sites for hydroxylation is 1. The molecule has 38 heavy (non-hydrogen) atoms. The largest absolute Gasteiger partial charge is 0.462 e. The number of benzene rings is 1. The molecule has 0 saturated carbocycles. The Kier molecular flexibility index (Phi) is 9.50. The van der Waals surface area contributed by atoms with E-state index < -0.39 is 68.2 Å². The fourth-order valence-electron chi connectivity index (χ4n) is 3.56. The molecule has 1 aromatic carbocycles. The predicted octanol–water partition coefficient (Wildman–Crippen LogP) is 1.92. The van der Waals surface area contributed by atoms with Crippen LogP contribution in [0.1, 0.15) is 32.6 Å². The molecule has 16 heteroatoms. The molecule has 1 saturated heterocycles. The molecule has 6 atom stereocenters. The van der Waals surface area contributed by atoms with Gasteiger partial charge in [0.25, 0.3) is 5.56 Å². The molecule has 3 N–H and O–H groups in total. The Morgan fingerprint density at radius 2 is 2.00 bits per heavy atom. The summed E-state index contributed by atoms with van der Waals surface area (Å²) in [6, 6.07) is 5.64. The van der Waals surface area contributed by atoms with Gasteiger partial charge in [-0.3, -0.25) is 23.7 Å². The highest BCUT2D eigenvalue weighted by atomic mass is 31.2. The van der Waals surface area contributed by atoms with Crippen molar-refractivity contribution in [1.29, 1.82) is 0 Å². The highest BCUT2D eigenvalue weighted by molar-refractivity contribution is 7.52. The minimum Gasteiger partial charge on any atom is -0.462 e. The van der Waals surface area contributed by atoms with E-state index in [0.29, 0.717) is 0 Å². The van der Waals surface area contributed by atoms with Crippen molar-refractivity contribution in [2.75, 3.05) is 6.61 Å². The van der Waals surface area contributed by atoms with E-state index in [1.807, 2.05) is 0 Å². The van der Waals surface area contributed by atoms with E-state index in [2.05, 4.69) is 20.1 Å². The number of H-pyrrole nitrogens is 1. The average Bonchev–Trinajstić information content (AvgIpc) is 3.15. The van der Waals surface area contributed by atoms with Gasteiger partial charge < -0.3 is 19.1 Å². The van der Waals surface area contributed by atoms with Crippen LogP contribution in [-0.2, 0) is 23.4 Å². The van der Waals surface area contributed by atoms with E-state index in [0.717, 1.165) is 4.57 Å². The second-order valence-corrected chi connectivity index (χ2v) is 10.5. The van der Waals surface area contributed by atoms with Gasteiger partial charge >= 0.3 is 19.4 Å². The minimum atomic E-state index is -4.29. The van der Waals surface area contributed by atoms with E-state index in [4.69, 9.17) is 24.1 Å².